The van der Waals surface area contributed by atoms with Crippen LogP contribution in [0.3, 0.4) is 0 Å². The molecule has 2 rings (SSSR count). The van der Waals surface area contributed by atoms with Gasteiger partial charge in [-0.1, -0.05) is 23.7 Å². The third-order valence-corrected chi connectivity index (χ3v) is 5.11. The molecule has 0 spiro atoms. The summed E-state index contributed by atoms with van der Waals surface area (Å²) in [5, 5.41) is 3.31. The Labute approximate surface area is 133 Å². The monoisotopic (exact) mass is 327 g/mol. The van der Waals surface area contributed by atoms with E-state index < -0.39 is 0 Å². The third kappa shape index (κ3) is 4.93. The lowest BCUT2D eigenvalue weighted by Crippen LogP contribution is -2.17. The first-order valence-corrected chi connectivity index (χ1v) is 8.27. The van der Waals surface area contributed by atoms with Crippen LogP contribution in [0.15, 0.2) is 24.3 Å². The van der Waals surface area contributed by atoms with Gasteiger partial charge in [0.15, 0.2) is 0 Å². The summed E-state index contributed by atoms with van der Waals surface area (Å²) in [6, 6.07) is 7.14. The number of nitrogens with one attached hydrogen (secondary N) is 1. The molecule has 0 atom stereocenters. The molecule has 0 aromatic heterocycles. The maximum atomic E-state index is 11.9. The van der Waals surface area contributed by atoms with Gasteiger partial charge < -0.3 is 10.1 Å². The lowest BCUT2D eigenvalue weighted by atomic mass is 10.1. The van der Waals surface area contributed by atoms with Crippen molar-refractivity contribution >= 4 is 40.9 Å². The first kappa shape index (κ1) is 16.2. The zero-order chi connectivity index (χ0) is 15.3. The number of halogens is 1. The van der Waals surface area contributed by atoms with Crippen molar-refractivity contribution < 1.29 is 14.3 Å². The van der Waals surface area contributed by atoms with Gasteiger partial charge in [-0.25, -0.2) is 0 Å². The van der Waals surface area contributed by atoms with Crippen molar-refractivity contribution in [2.24, 2.45) is 5.41 Å². The number of ether oxygens (including phenoxy) is 1. The molecule has 1 N–H and O–H groups in total. The number of anilines is 1. The van der Waals surface area contributed by atoms with Crippen LogP contribution < -0.4 is 5.32 Å². The molecule has 1 aliphatic rings. The van der Waals surface area contributed by atoms with E-state index in [1.54, 1.807) is 23.9 Å². The van der Waals surface area contributed by atoms with Gasteiger partial charge in [-0.2, -0.15) is 11.8 Å². The van der Waals surface area contributed by atoms with Gasteiger partial charge in [0.05, 0.1) is 30.0 Å². The van der Waals surface area contributed by atoms with Crippen LogP contribution in [0.1, 0.15) is 19.3 Å². The largest absolute Gasteiger partial charge is 0.469 e. The summed E-state index contributed by atoms with van der Waals surface area (Å²) >= 11 is 7.53. The fraction of sp³-hybridized carbons (Fsp3) is 0.467. The van der Waals surface area contributed by atoms with Crippen LogP contribution >= 0.6 is 23.4 Å². The molecule has 1 aromatic carbocycles. The summed E-state index contributed by atoms with van der Waals surface area (Å²) in [4.78, 5) is 23.2. The van der Waals surface area contributed by atoms with Crippen molar-refractivity contribution in [2.75, 3.05) is 23.9 Å². The smallest absolute Gasteiger partial charge is 0.306 e. The van der Waals surface area contributed by atoms with E-state index in [4.69, 9.17) is 16.3 Å². The molecule has 0 heterocycles. The second kappa shape index (κ2) is 7.18. The van der Waals surface area contributed by atoms with Crippen LogP contribution in [0.4, 0.5) is 5.69 Å². The Morgan fingerprint density at radius 2 is 2.10 bits per heavy atom. The molecule has 1 fully saturated rings. The van der Waals surface area contributed by atoms with Crippen molar-refractivity contribution in [3.63, 3.8) is 0 Å². The van der Waals surface area contributed by atoms with Crippen LogP contribution in [-0.4, -0.2) is 30.5 Å². The average Bonchev–Trinajstić information content (AvgIpc) is 3.21. The van der Waals surface area contributed by atoms with E-state index in [0.717, 1.165) is 18.6 Å². The Balaban J connectivity index is 1.73. The number of carbonyl (C=O) groups is 2. The fourth-order valence-corrected chi connectivity index (χ4v) is 3.40. The second-order valence-corrected chi connectivity index (χ2v) is 6.67. The molecule has 1 aromatic rings. The number of hydrogen-bond donors (Lipinski definition) is 1. The Morgan fingerprint density at radius 1 is 1.38 bits per heavy atom. The van der Waals surface area contributed by atoms with E-state index in [0.29, 0.717) is 22.9 Å². The van der Waals surface area contributed by atoms with Gasteiger partial charge in [-0.3, -0.25) is 9.59 Å². The predicted octanol–water partition coefficient (Wildman–Crippen LogP) is 3.36. The van der Waals surface area contributed by atoms with Gasteiger partial charge in [-0.05, 0) is 36.1 Å². The molecule has 1 saturated carbocycles. The molecule has 0 unspecified atom stereocenters. The molecular formula is C15H18ClNO3S. The summed E-state index contributed by atoms with van der Waals surface area (Å²) in [6.07, 6.45) is 2.51. The maximum absolute atomic E-state index is 11.9. The third-order valence-electron chi connectivity index (χ3n) is 3.49. The molecule has 1 aliphatic carbocycles. The van der Waals surface area contributed by atoms with E-state index in [1.807, 2.05) is 12.1 Å². The highest BCUT2D eigenvalue weighted by Crippen LogP contribution is 2.51. The lowest BCUT2D eigenvalue weighted by Gasteiger charge is -2.13. The normalized spacial score (nSPS) is 15.3. The molecule has 1 amide bonds. The number of hydrogen-bond acceptors (Lipinski definition) is 4. The van der Waals surface area contributed by atoms with Gasteiger partial charge in [-0.15, -0.1) is 0 Å². The van der Waals surface area contributed by atoms with Crippen LogP contribution in [0.25, 0.3) is 0 Å². The number of amides is 1. The molecule has 6 heteroatoms. The Bertz CT molecular complexity index is 531. The van der Waals surface area contributed by atoms with Crippen molar-refractivity contribution in [1.29, 1.82) is 0 Å². The van der Waals surface area contributed by atoms with Crippen molar-refractivity contribution in [3.8, 4) is 0 Å². The summed E-state index contributed by atoms with van der Waals surface area (Å²) < 4.78 is 4.70. The molecule has 0 aliphatic heterocycles. The molecule has 0 bridgehead atoms. The van der Waals surface area contributed by atoms with Crippen LogP contribution in [0, 0.1) is 5.41 Å². The highest BCUT2D eigenvalue weighted by Gasteiger charge is 2.44. The van der Waals surface area contributed by atoms with Gasteiger partial charge >= 0.3 is 5.97 Å². The summed E-state index contributed by atoms with van der Waals surface area (Å²) in [7, 11) is 1.41. The minimum Gasteiger partial charge on any atom is -0.469 e. The molecule has 0 saturated heterocycles. The maximum Gasteiger partial charge on any atom is 0.306 e. The van der Waals surface area contributed by atoms with E-state index in [1.165, 1.54) is 7.11 Å². The zero-order valence-electron chi connectivity index (χ0n) is 11.9. The second-order valence-electron chi connectivity index (χ2n) is 5.27. The minimum absolute atomic E-state index is 0.0441. The Hall–Kier alpha value is -1.20. The summed E-state index contributed by atoms with van der Waals surface area (Å²) in [5.41, 5.74) is 0.670. The van der Waals surface area contributed by atoms with E-state index in [2.05, 4.69) is 5.32 Å². The van der Waals surface area contributed by atoms with Gasteiger partial charge in [0.2, 0.25) is 5.91 Å². The van der Waals surface area contributed by atoms with Crippen molar-refractivity contribution in [1.82, 2.24) is 0 Å². The number of methoxy groups -OCH3 is 1. The average molecular weight is 328 g/mol. The minimum atomic E-state index is -0.173. The van der Waals surface area contributed by atoms with Gasteiger partial charge in [0.1, 0.15) is 0 Å². The fourth-order valence-electron chi connectivity index (χ4n) is 2.04. The van der Waals surface area contributed by atoms with Crippen LogP contribution in [0.2, 0.25) is 5.02 Å². The molecule has 4 nitrogen and oxygen atoms in total. The molecule has 0 radical (unpaired) electrons. The highest BCUT2D eigenvalue weighted by atomic mass is 35.5. The first-order chi connectivity index (χ1) is 10.0. The molecule has 114 valence electrons. The van der Waals surface area contributed by atoms with Gasteiger partial charge in [0.25, 0.3) is 0 Å². The number of carbonyl (C=O) groups excluding carboxylic acids is 2. The van der Waals surface area contributed by atoms with E-state index in [9.17, 15) is 9.59 Å². The number of benzene rings is 1. The van der Waals surface area contributed by atoms with Crippen molar-refractivity contribution in [2.45, 2.75) is 19.3 Å². The number of thioether (sulfide) groups is 1. The molecule has 21 heavy (non-hydrogen) atoms. The summed E-state index contributed by atoms with van der Waals surface area (Å²) in [6.45, 7) is 0. The Morgan fingerprint density at radius 3 is 2.71 bits per heavy atom. The standard InChI is InChI=1S/C15H18ClNO3S/c1-20-14(19)8-15(6-7-15)10-21-9-13(18)17-12-5-3-2-4-11(12)16/h2-5H,6-10H2,1H3,(H,17,18). The SMILES string of the molecule is COC(=O)CC1(CSCC(=O)Nc2ccccc2Cl)CC1. The van der Waals surface area contributed by atoms with Gasteiger partial charge in [0, 0.05) is 0 Å². The van der Waals surface area contributed by atoms with E-state index >= 15 is 0 Å². The number of para-hydroxylation sites is 1. The van der Waals surface area contributed by atoms with E-state index in [-0.39, 0.29) is 17.3 Å². The molecular weight excluding hydrogens is 310 g/mol. The van der Waals surface area contributed by atoms with Crippen molar-refractivity contribution in [3.05, 3.63) is 29.3 Å². The number of rotatable bonds is 7. The van der Waals surface area contributed by atoms with Crippen LogP contribution in [-0.2, 0) is 14.3 Å². The zero-order valence-corrected chi connectivity index (χ0v) is 13.4. The summed E-state index contributed by atoms with van der Waals surface area (Å²) in [5.74, 6) is 0.905. The topological polar surface area (TPSA) is 55.4 Å². The quantitative estimate of drug-likeness (QED) is 0.780. The first-order valence-electron chi connectivity index (χ1n) is 6.74. The predicted molar refractivity (Wildman–Crippen MR) is 85.7 cm³/mol. The Kier molecular flexibility index (Phi) is 5.53. The number of esters is 1. The highest BCUT2D eigenvalue weighted by molar-refractivity contribution is 8.00. The van der Waals surface area contributed by atoms with Crippen LogP contribution in [0.5, 0.6) is 0 Å². The lowest BCUT2D eigenvalue weighted by molar-refractivity contribution is -0.141.